The van der Waals surface area contributed by atoms with Crippen LogP contribution < -0.4 is 5.32 Å². The molecule has 98 valence electrons. The number of nitrogens with zero attached hydrogens (tertiary/aromatic N) is 3. The topological polar surface area (TPSA) is 71.7 Å². The number of nitrogens with one attached hydrogen (secondary N) is 1. The Kier molecular flexibility index (Phi) is 4.43. The van der Waals surface area contributed by atoms with E-state index in [1.807, 2.05) is 0 Å². The Balaban J connectivity index is 1.81. The van der Waals surface area contributed by atoms with Crippen LogP contribution in [0.3, 0.4) is 0 Å². The molecule has 18 heavy (non-hydrogen) atoms. The minimum atomic E-state index is -0.351. The van der Waals surface area contributed by atoms with Crippen molar-refractivity contribution in [1.29, 1.82) is 0 Å². The van der Waals surface area contributed by atoms with Gasteiger partial charge in [-0.05, 0) is 18.6 Å². The van der Waals surface area contributed by atoms with E-state index in [0.29, 0.717) is 31.4 Å². The van der Waals surface area contributed by atoms with E-state index in [0.717, 1.165) is 6.42 Å². The molecule has 0 saturated carbocycles. The summed E-state index contributed by atoms with van der Waals surface area (Å²) in [4.78, 5) is 4.18. The van der Waals surface area contributed by atoms with Crippen LogP contribution in [0, 0.1) is 5.82 Å². The highest BCUT2D eigenvalue weighted by molar-refractivity contribution is 5.42. The molecule has 0 amide bonds. The molecule has 2 N–H and O–H groups in total. The molecule has 2 rings (SSSR count). The molecule has 2 aromatic rings. The molecule has 0 aromatic carbocycles. The molecule has 0 aliphatic carbocycles. The van der Waals surface area contributed by atoms with Gasteiger partial charge in [0.05, 0.1) is 19.4 Å². The summed E-state index contributed by atoms with van der Waals surface area (Å²) < 4.78 is 19.4. The number of anilines is 1. The third-order valence-corrected chi connectivity index (χ3v) is 2.28. The van der Waals surface area contributed by atoms with Gasteiger partial charge in [0.25, 0.3) is 0 Å². The van der Waals surface area contributed by atoms with E-state index >= 15 is 0 Å². The van der Waals surface area contributed by atoms with Crippen LogP contribution in [0.25, 0.3) is 5.65 Å². The second kappa shape index (κ2) is 6.27. The fourth-order valence-electron chi connectivity index (χ4n) is 1.47. The van der Waals surface area contributed by atoms with E-state index < -0.39 is 0 Å². The summed E-state index contributed by atoms with van der Waals surface area (Å²) in [5, 5.41) is 15.6. The number of rotatable bonds is 7. The lowest BCUT2D eigenvalue weighted by molar-refractivity contribution is 0.0921. The summed E-state index contributed by atoms with van der Waals surface area (Å²) in [6.07, 6.45) is 2.06. The highest BCUT2D eigenvalue weighted by Crippen LogP contribution is 2.06. The van der Waals surface area contributed by atoms with Gasteiger partial charge in [0.1, 0.15) is 5.82 Å². The van der Waals surface area contributed by atoms with Crippen molar-refractivity contribution in [3.63, 3.8) is 0 Å². The Morgan fingerprint density at radius 1 is 1.39 bits per heavy atom. The van der Waals surface area contributed by atoms with Crippen LogP contribution in [0.4, 0.5) is 10.3 Å². The minimum absolute atomic E-state index is 0.0347. The lowest BCUT2D eigenvalue weighted by Crippen LogP contribution is -2.08. The number of ether oxygens (including phenoxy) is 1. The highest BCUT2D eigenvalue weighted by Gasteiger charge is 2.03. The van der Waals surface area contributed by atoms with Crippen LogP contribution in [-0.4, -0.2) is 46.1 Å². The van der Waals surface area contributed by atoms with E-state index in [2.05, 4.69) is 15.4 Å². The number of pyridine rings is 1. The van der Waals surface area contributed by atoms with Gasteiger partial charge in [0.15, 0.2) is 5.65 Å². The fraction of sp³-hybridized carbons (Fsp3) is 0.455. The molecule has 0 aliphatic rings. The van der Waals surface area contributed by atoms with Gasteiger partial charge < -0.3 is 15.2 Å². The zero-order chi connectivity index (χ0) is 12.8. The molecular formula is C11H15FN4O2. The molecule has 0 unspecified atom stereocenters. The van der Waals surface area contributed by atoms with Gasteiger partial charge >= 0.3 is 0 Å². The number of aliphatic hydroxyl groups is 1. The number of halogens is 1. The van der Waals surface area contributed by atoms with Gasteiger partial charge in [-0.25, -0.2) is 8.91 Å². The van der Waals surface area contributed by atoms with Gasteiger partial charge in [-0.1, -0.05) is 0 Å². The van der Waals surface area contributed by atoms with Crippen LogP contribution in [0.2, 0.25) is 0 Å². The first-order chi connectivity index (χ1) is 8.79. The SMILES string of the molecule is OCCOCCCNc1nc2ccc(F)cn2n1. The number of fused-ring (bicyclic) bond motifs is 1. The molecule has 2 aromatic heterocycles. The molecule has 0 saturated heterocycles. The zero-order valence-corrected chi connectivity index (χ0v) is 9.84. The Hall–Kier alpha value is -1.73. The molecule has 0 bridgehead atoms. The van der Waals surface area contributed by atoms with Crippen molar-refractivity contribution >= 4 is 11.6 Å². The molecule has 0 atom stereocenters. The Morgan fingerprint density at radius 2 is 2.28 bits per heavy atom. The summed E-state index contributed by atoms with van der Waals surface area (Å²) >= 11 is 0. The lowest BCUT2D eigenvalue weighted by atomic mass is 10.4. The summed E-state index contributed by atoms with van der Waals surface area (Å²) in [7, 11) is 0. The number of hydrogen-bond acceptors (Lipinski definition) is 5. The Labute approximate surface area is 103 Å². The average Bonchev–Trinajstić information content (AvgIpc) is 2.75. The van der Waals surface area contributed by atoms with Crippen LogP contribution in [0.1, 0.15) is 6.42 Å². The van der Waals surface area contributed by atoms with E-state index in [4.69, 9.17) is 9.84 Å². The smallest absolute Gasteiger partial charge is 0.243 e. The van der Waals surface area contributed by atoms with Gasteiger partial charge in [-0.3, -0.25) is 0 Å². The lowest BCUT2D eigenvalue weighted by Gasteiger charge is -2.02. The number of hydrogen-bond donors (Lipinski definition) is 2. The van der Waals surface area contributed by atoms with Crippen LogP contribution in [-0.2, 0) is 4.74 Å². The monoisotopic (exact) mass is 254 g/mol. The van der Waals surface area contributed by atoms with Crippen molar-refractivity contribution in [3.05, 3.63) is 24.1 Å². The maximum atomic E-state index is 12.9. The largest absolute Gasteiger partial charge is 0.394 e. The summed E-state index contributed by atoms with van der Waals surface area (Å²) in [6, 6.07) is 2.91. The molecule has 0 fully saturated rings. The maximum Gasteiger partial charge on any atom is 0.243 e. The van der Waals surface area contributed by atoms with E-state index in [1.54, 1.807) is 6.07 Å². The van der Waals surface area contributed by atoms with Gasteiger partial charge in [0, 0.05) is 13.2 Å². The third kappa shape index (κ3) is 3.38. The predicted molar refractivity (Wildman–Crippen MR) is 64.0 cm³/mol. The van der Waals surface area contributed by atoms with Crippen molar-refractivity contribution in [2.24, 2.45) is 0 Å². The van der Waals surface area contributed by atoms with E-state index in [9.17, 15) is 4.39 Å². The minimum Gasteiger partial charge on any atom is -0.394 e. The van der Waals surface area contributed by atoms with Crippen LogP contribution in [0.5, 0.6) is 0 Å². The molecule has 2 heterocycles. The third-order valence-electron chi connectivity index (χ3n) is 2.28. The summed E-state index contributed by atoms with van der Waals surface area (Å²) in [5.74, 6) is 0.110. The van der Waals surface area contributed by atoms with Gasteiger partial charge in [-0.15, -0.1) is 5.10 Å². The van der Waals surface area contributed by atoms with Crippen molar-refractivity contribution in [2.45, 2.75) is 6.42 Å². The molecule has 6 nitrogen and oxygen atoms in total. The van der Waals surface area contributed by atoms with Crippen molar-refractivity contribution in [3.8, 4) is 0 Å². The van der Waals surface area contributed by atoms with Gasteiger partial charge in [0.2, 0.25) is 5.95 Å². The second-order valence-electron chi connectivity index (χ2n) is 3.70. The number of aliphatic hydroxyl groups excluding tert-OH is 1. The standard InChI is InChI=1S/C11H15FN4O2/c12-9-2-3-10-14-11(15-16(10)8-9)13-4-1-6-18-7-5-17/h2-3,8,17H,1,4-7H2,(H,13,15). The van der Waals surface area contributed by atoms with Crippen molar-refractivity contribution in [2.75, 3.05) is 31.7 Å². The Bertz CT molecular complexity index is 503. The quantitative estimate of drug-likeness (QED) is 0.711. The first-order valence-electron chi connectivity index (χ1n) is 5.74. The van der Waals surface area contributed by atoms with E-state index in [-0.39, 0.29) is 12.4 Å². The molecule has 0 aliphatic heterocycles. The maximum absolute atomic E-state index is 12.9. The van der Waals surface area contributed by atoms with E-state index in [1.165, 1.54) is 16.8 Å². The average molecular weight is 254 g/mol. The molecular weight excluding hydrogens is 239 g/mol. The first kappa shape index (κ1) is 12.7. The Morgan fingerprint density at radius 3 is 3.11 bits per heavy atom. The molecule has 7 heteroatoms. The highest BCUT2D eigenvalue weighted by atomic mass is 19.1. The number of aromatic nitrogens is 3. The first-order valence-corrected chi connectivity index (χ1v) is 5.74. The summed E-state index contributed by atoms with van der Waals surface area (Å²) in [5.41, 5.74) is 0.593. The molecule has 0 spiro atoms. The zero-order valence-electron chi connectivity index (χ0n) is 9.84. The predicted octanol–water partition coefficient (Wildman–Crippen LogP) is 0.679. The summed E-state index contributed by atoms with van der Waals surface area (Å²) in [6.45, 7) is 1.61. The van der Waals surface area contributed by atoms with Crippen LogP contribution >= 0.6 is 0 Å². The van der Waals surface area contributed by atoms with Crippen molar-refractivity contribution < 1.29 is 14.2 Å². The van der Waals surface area contributed by atoms with Crippen LogP contribution in [0.15, 0.2) is 18.3 Å². The molecule has 0 radical (unpaired) electrons. The second-order valence-corrected chi connectivity index (χ2v) is 3.70. The van der Waals surface area contributed by atoms with Gasteiger partial charge in [-0.2, -0.15) is 4.98 Å². The fourth-order valence-corrected chi connectivity index (χ4v) is 1.47. The van der Waals surface area contributed by atoms with Crippen molar-refractivity contribution in [1.82, 2.24) is 14.6 Å². The normalized spacial score (nSPS) is 11.0.